The Morgan fingerprint density at radius 1 is 1.16 bits per heavy atom. The zero-order valence-corrected chi connectivity index (χ0v) is 11.5. The van der Waals surface area contributed by atoms with Crippen molar-refractivity contribution in [1.29, 1.82) is 0 Å². The second-order valence-electron chi connectivity index (χ2n) is 5.41. The second-order valence-corrected chi connectivity index (χ2v) is 5.41. The first-order valence-electron chi connectivity index (χ1n) is 6.83. The molecule has 1 atom stereocenters. The number of benzene rings is 1. The second kappa shape index (κ2) is 4.74. The van der Waals surface area contributed by atoms with Crippen molar-refractivity contribution >= 4 is 5.69 Å². The molecule has 19 heavy (non-hydrogen) atoms. The van der Waals surface area contributed by atoms with E-state index in [0.717, 1.165) is 24.8 Å². The quantitative estimate of drug-likeness (QED) is 0.895. The lowest BCUT2D eigenvalue weighted by atomic mass is 9.95. The molecule has 1 aromatic carbocycles. The van der Waals surface area contributed by atoms with Gasteiger partial charge in [0, 0.05) is 42.9 Å². The molecule has 1 heterocycles. The predicted molar refractivity (Wildman–Crippen MR) is 78.0 cm³/mol. The lowest BCUT2D eigenvalue weighted by molar-refractivity contribution is 0.156. The van der Waals surface area contributed by atoms with Crippen molar-refractivity contribution in [2.75, 3.05) is 19.0 Å². The Kier molecular flexibility index (Phi) is 3.07. The average Bonchev–Trinajstić information content (AvgIpc) is 2.84. The molecule has 1 aromatic heterocycles. The Morgan fingerprint density at radius 2 is 1.89 bits per heavy atom. The Balaban J connectivity index is 1.98. The van der Waals surface area contributed by atoms with Crippen molar-refractivity contribution in [3.05, 3.63) is 47.8 Å². The first-order chi connectivity index (χ1) is 9.16. The summed E-state index contributed by atoms with van der Waals surface area (Å²) < 4.78 is 2.21. The summed E-state index contributed by atoms with van der Waals surface area (Å²) in [6.07, 6.45) is 4.79. The fraction of sp³-hybridized carbons (Fsp3) is 0.375. The van der Waals surface area contributed by atoms with Gasteiger partial charge in [0.15, 0.2) is 0 Å². The SMILES string of the molecule is CN(C)c1ccc(-n2ccc3c2CCCC3O)cc1. The minimum Gasteiger partial charge on any atom is -0.388 e. The Hall–Kier alpha value is -1.74. The number of nitrogens with zero attached hydrogens (tertiary/aromatic N) is 2. The Morgan fingerprint density at radius 3 is 2.58 bits per heavy atom. The number of hydrogen-bond acceptors (Lipinski definition) is 2. The van der Waals surface area contributed by atoms with Crippen molar-refractivity contribution < 1.29 is 5.11 Å². The molecule has 1 N–H and O–H groups in total. The highest BCUT2D eigenvalue weighted by atomic mass is 16.3. The largest absolute Gasteiger partial charge is 0.388 e. The maximum atomic E-state index is 10.0. The lowest BCUT2D eigenvalue weighted by Gasteiger charge is -2.20. The molecule has 2 aromatic rings. The van der Waals surface area contributed by atoms with E-state index in [0.29, 0.717) is 0 Å². The molecule has 0 radical (unpaired) electrons. The first-order valence-corrected chi connectivity index (χ1v) is 6.83. The van der Waals surface area contributed by atoms with Crippen LogP contribution in [0.3, 0.4) is 0 Å². The van der Waals surface area contributed by atoms with Crippen LogP contribution in [0.4, 0.5) is 5.69 Å². The highest BCUT2D eigenvalue weighted by molar-refractivity contribution is 5.51. The number of fused-ring (bicyclic) bond motifs is 1. The summed E-state index contributed by atoms with van der Waals surface area (Å²) in [5, 5.41) is 10.0. The Labute approximate surface area is 114 Å². The molecule has 0 saturated carbocycles. The molecule has 3 nitrogen and oxygen atoms in total. The predicted octanol–water partition coefficient (Wildman–Crippen LogP) is 2.91. The van der Waals surface area contributed by atoms with Gasteiger partial charge in [-0.15, -0.1) is 0 Å². The number of rotatable bonds is 2. The minimum absolute atomic E-state index is 0.286. The summed E-state index contributed by atoms with van der Waals surface area (Å²) in [6.45, 7) is 0. The third kappa shape index (κ3) is 2.15. The molecule has 1 unspecified atom stereocenters. The first kappa shape index (κ1) is 12.3. The van der Waals surface area contributed by atoms with Gasteiger partial charge < -0.3 is 14.6 Å². The fourth-order valence-corrected chi connectivity index (χ4v) is 2.82. The van der Waals surface area contributed by atoms with Crippen molar-refractivity contribution in [2.45, 2.75) is 25.4 Å². The average molecular weight is 256 g/mol. The van der Waals surface area contributed by atoms with Crippen LogP contribution in [0.15, 0.2) is 36.5 Å². The van der Waals surface area contributed by atoms with Crippen molar-refractivity contribution in [3.8, 4) is 5.69 Å². The third-order valence-corrected chi connectivity index (χ3v) is 3.92. The van der Waals surface area contributed by atoms with E-state index in [-0.39, 0.29) is 6.10 Å². The van der Waals surface area contributed by atoms with Crippen molar-refractivity contribution in [1.82, 2.24) is 4.57 Å². The fourth-order valence-electron chi connectivity index (χ4n) is 2.82. The molecule has 0 saturated heterocycles. The van der Waals surface area contributed by atoms with Crippen LogP contribution in [0, 0.1) is 0 Å². The van der Waals surface area contributed by atoms with Crippen LogP contribution in [0.25, 0.3) is 5.69 Å². The minimum atomic E-state index is -0.286. The van der Waals surface area contributed by atoms with Gasteiger partial charge in [0.2, 0.25) is 0 Å². The van der Waals surface area contributed by atoms with E-state index in [4.69, 9.17) is 0 Å². The standard InChI is InChI=1S/C16H20N2O/c1-17(2)12-6-8-13(9-7-12)18-11-10-14-15(18)4-3-5-16(14)19/h6-11,16,19H,3-5H2,1-2H3. The van der Waals surface area contributed by atoms with Gasteiger partial charge in [-0.05, 0) is 49.6 Å². The monoisotopic (exact) mass is 256 g/mol. The molecule has 1 aliphatic rings. The lowest BCUT2D eigenvalue weighted by Crippen LogP contribution is -2.11. The molecule has 0 aliphatic heterocycles. The van der Waals surface area contributed by atoms with Crippen molar-refractivity contribution in [2.24, 2.45) is 0 Å². The zero-order chi connectivity index (χ0) is 13.4. The molecular formula is C16H20N2O. The molecule has 1 aliphatic carbocycles. The van der Waals surface area contributed by atoms with Crippen LogP contribution in [0.2, 0.25) is 0 Å². The molecule has 0 fully saturated rings. The summed E-state index contributed by atoms with van der Waals surface area (Å²) in [7, 11) is 4.09. The van der Waals surface area contributed by atoms with Crippen LogP contribution >= 0.6 is 0 Å². The summed E-state index contributed by atoms with van der Waals surface area (Å²) in [6, 6.07) is 10.6. The Bertz CT molecular complexity index is 569. The van der Waals surface area contributed by atoms with Gasteiger partial charge in [0.25, 0.3) is 0 Å². The normalized spacial score (nSPS) is 18.2. The van der Waals surface area contributed by atoms with Gasteiger partial charge in [-0.3, -0.25) is 0 Å². The van der Waals surface area contributed by atoms with Crippen LogP contribution < -0.4 is 4.90 Å². The summed E-state index contributed by atoms with van der Waals surface area (Å²) in [4.78, 5) is 2.10. The van der Waals surface area contributed by atoms with E-state index in [9.17, 15) is 5.11 Å². The van der Waals surface area contributed by atoms with Crippen LogP contribution in [0.5, 0.6) is 0 Å². The van der Waals surface area contributed by atoms with Gasteiger partial charge in [0.1, 0.15) is 0 Å². The topological polar surface area (TPSA) is 28.4 Å². The van der Waals surface area contributed by atoms with Gasteiger partial charge in [-0.1, -0.05) is 0 Å². The molecule has 0 amide bonds. The van der Waals surface area contributed by atoms with E-state index in [2.05, 4.69) is 46.0 Å². The third-order valence-electron chi connectivity index (χ3n) is 3.92. The maximum absolute atomic E-state index is 10.0. The van der Waals surface area contributed by atoms with Crippen LogP contribution in [-0.4, -0.2) is 23.8 Å². The summed E-state index contributed by atoms with van der Waals surface area (Å²) in [5.74, 6) is 0. The van der Waals surface area contributed by atoms with Gasteiger partial charge in [0.05, 0.1) is 6.10 Å². The molecule has 3 rings (SSSR count). The van der Waals surface area contributed by atoms with E-state index in [1.165, 1.54) is 17.1 Å². The van der Waals surface area contributed by atoms with Crippen LogP contribution in [0.1, 0.15) is 30.2 Å². The highest BCUT2D eigenvalue weighted by Gasteiger charge is 2.21. The summed E-state index contributed by atoms with van der Waals surface area (Å²) in [5.41, 5.74) is 4.73. The van der Waals surface area contributed by atoms with Gasteiger partial charge in [-0.2, -0.15) is 0 Å². The maximum Gasteiger partial charge on any atom is 0.0807 e. The van der Waals surface area contributed by atoms with Crippen molar-refractivity contribution in [3.63, 3.8) is 0 Å². The summed E-state index contributed by atoms with van der Waals surface area (Å²) >= 11 is 0. The number of anilines is 1. The molecular weight excluding hydrogens is 236 g/mol. The van der Waals surface area contributed by atoms with E-state index in [1.54, 1.807) is 0 Å². The number of aromatic nitrogens is 1. The van der Waals surface area contributed by atoms with E-state index < -0.39 is 0 Å². The van der Waals surface area contributed by atoms with E-state index >= 15 is 0 Å². The molecule has 0 bridgehead atoms. The zero-order valence-electron chi connectivity index (χ0n) is 11.5. The number of aliphatic hydroxyl groups excluding tert-OH is 1. The molecule has 0 spiro atoms. The number of hydrogen-bond donors (Lipinski definition) is 1. The van der Waals surface area contributed by atoms with Crippen LogP contribution in [-0.2, 0) is 6.42 Å². The van der Waals surface area contributed by atoms with E-state index in [1.807, 2.05) is 14.1 Å². The molecule has 3 heteroatoms. The number of aliphatic hydroxyl groups is 1. The smallest absolute Gasteiger partial charge is 0.0807 e. The van der Waals surface area contributed by atoms with Gasteiger partial charge >= 0.3 is 0 Å². The molecule has 100 valence electrons. The van der Waals surface area contributed by atoms with Gasteiger partial charge in [-0.25, -0.2) is 0 Å². The highest BCUT2D eigenvalue weighted by Crippen LogP contribution is 2.32.